The normalized spacial score (nSPS) is 20.1. The van der Waals surface area contributed by atoms with E-state index >= 15 is 0 Å². The van der Waals surface area contributed by atoms with Crippen molar-refractivity contribution in [2.75, 3.05) is 6.54 Å². The van der Waals surface area contributed by atoms with Crippen molar-refractivity contribution in [2.24, 2.45) is 5.92 Å². The van der Waals surface area contributed by atoms with E-state index in [1.54, 1.807) is 4.68 Å². The number of aromatic nitrogens is 4. The van der Waals surface area contributed by atoms with Gasteiger partial charge in [0.25, 0.3) is 0 Å². The van der Waals surface area contributed by atoms with E-state index in [1.165, 1.54) is 24.4 Å². The number of imidazole rings is 1. The maximum Gasteiger partial charge on any atom is 0.244 e. The van der Waals surface area contributed by atoms with Crippen LogP contribution < -0.4 is 0 Å². The maximum atomic E-state index is 12.7. The molecular weight excluding hydrogens is 326 g/mol. The molecule has 2 fully saturated rings. The Bertz CT molecular complexity index is 773. The molecule has 0 radical (unpaired) electrons. The number of hydrogen-bond donors (Lipinski definition) is 0. The van der Waals surface area contributed by atoms with Gasteiger partial charge >= 0.3 is 0 Å². The molecule has 1 aliphatic heterocycles. The number of rotatable bonds is 7. The number of nitrogens with zero attached hydrogens (tertiary/aromatic N) is 5. The van der Waals surface area contributed by atoms with Crippen LogP contribution in [-0.4, -0.2) is 42.7 Å². The first-order chi connectivity index (χ1) is 12.6. The van der Waals surface area contributed by atoms with Crippen LogP contribution >= 0.6 is 0 Å². The Hall–Kier alpha value is -2.11. The van der Waals surface area contributed by atoms with Crippen LogP contribution in [0.25, 0.3) is 0 Å². The molecule has 1 saturated carbocycles. The zero-order valence-corrected chi connectivity index (χ0v) is 15.9. The Balaban J connectivity index is 1.36. The molecule has 3 heterocycles. The van der Waals surface area contributed by atoms with Crippen LogP contribution in [0.3, 0.4) is 0 Å². The Morgan fingerprint density at radius 1 is 1.27 bits per heavy atom. The summed E-state index contributed by atoms with van der Waals surface area (Å²) in [7, 11) is 0. The van der Waals surface area contributed by atoms with Gasteiger partial charge < -0.3 is 9.47 Å². The third-order valence-electron chi connectivity index (χ3n) is 5.75. The van der Waals surface area contributed by atoms with Gasteiger partial charge in [-0.1, -0.05) is 0 Å². The van der Waals surface area contributed by atoms with Crippen molar-refractivity contribution in [2.45, 2.75) is 71.5 Å². The molecule has 26 heavy (non-hydrogen) atoms. The molecule has 2 aromatic rings. The van der Waals surface area contributed by atoms with E-state index in [0.717, 1.165) is 50.4 Å². The van der Waals surface area contributed by atoms with Crippen LogP contribution in [0.15, 0.2) is 18.5 Å². The van der Waals surface area contributed by atoms with Gasteiger partial charge in [-0.2, -0.15) is 5.10 Å². The Labute approximate surface area is 155 Å². The van der Waals surface area contributed by atoms with Crippen molar-refractivity contribution in [3.05, 3.63) is 35.7 Å². The third-order valence-corrected chi connectivity index (χ3v) is 5.75. The van der Waals surface area contributed by atoms with Crippen molar-refractivity contribution in [1.82, 2.24) is 24.2 Å². The molecule has 1 amide bonds. The summed E-state index contributed by atoms with van der Waals surface area (Å²) < 4.78 is 4.14. The second kappa shape index (κ2) is 7.25. The Morgan fingerprint density at radius 3 is 2.85 bits per heavy atom. The first kappa shape index (κ1) is 17.3. The lowest BCUT2D eigenvalue weighted by Gasteiger charge is -2.25. The van der Waals surface area contributed by atoms with Gasteiger partial charge in [0.05, 0.1) is 5.69 Å². The molecule has 6 heteroatoms. The van der Waals surface area contributed by atoms with E-state index in [2.05, 4.69) is 26.5 Å². The van der Waals surface area contributed by atoms with E-state index < -0.39 is 0 Å². The maximum absolute atomic E-state index is 12.7. The average Bonchev–Trinajstić information content (AvgIpc) is 2.98. The summed E-state index contributed by atoms with van der Waals surface area (Å²) in [6.45, 7) is 6.44. The molecule has 1 unspecified atom stereocenters. The van der Waals surface area contributed by atoms with E-state index in [1.807, 2.05) is 25.4 Å². The van der Waals surface area contributed by atoms with Crippen molar-refractivity contribution in [1.29, 1.82) is 0 Å². The lowest BCUT2D eigenvalue weighted by Crippen LogP contribution is -2.38. The molecule has 1 saturated heterocycles. The van der Waals surface area contributed by atoms with Gasteiger partial charge in [-0.25, -0.2) is 4.98 Å². The van der Waals surface area contributed by atoms with Gasteiger partial charge in [0.2, 0.25) is 5.91 Å². The fraction of sp³-hybridized carbons (Fsp3) is 0.650. The van der Waals surface area contributed by atoms with Crippen molar-refractivity contribution >= 4 is 5.91 Å². The summed E-state index contributed by atoms with van der Waals surface area (Å²) in [5.41, 5.74) is 2.22. The van der Waals surface area contributed by atoms with Crippen LogP contribution in [0, 0.1) is 19.8 Å². The minimum absolute atomic E-state index is 0.188. The smallest absolute Gasteiger partial charge is 0.244 e. The Morgan fingerprint density at radius 2 is 2.12 bits per heavy atom. The van der Waals surface area contributed by atoms with Gasteiger partial charge in [-0.3, -0.25) is 9.48 Å². The molecule has 0 spiro atoms. The minimum atomic E-state index is 0.188. The van der Waals surface area contributed by atoms with E-state index in [-0.39, 0.29) is 5.91 Å². The highest BCUT2D eigenvalue weighted by Crippen LogP contribution is 2.32. The third kappa shape index (κ3) is 3.84. The summed E-state index contributed by atoms with van der Waals surface area (Å²) >= 11 is 0. The van der Waals surface area contributed by atoms with Crippen LogP contribution in [0.5, 0.6) is 0 Å². The second-order valence-corrected chi connectivity index (χ2v) is 7.95. The molecule has 2 aliphatic rings. The summed E-state index contributed by atoms with van der Waals surface area (Å²) in [6.07, 6.45) is 10.8. The Kier molecular flexibility index (Phi) is 4.83. The second-order valence-electron chi connectivity index (χ2n) is 7.95. The lowest BCUT2D eigenvalue weighted by molar-refractivity contribution is -0.132. The van der Waals surface area contributed by atoms with Crippen LogP contribution in [0.1, 0.15) is 49.3 Å². The zero-order chi connectivity index (χ0) is 18.1. The minimum Gasteiger partial charge on any atom is -0.338 e. The molecule has 4 rings (SSSR count). The first-order valence-electron chi connectivity index (χ1n) is 9.90. The zero-order valence-electron chi connectivity index (χ0n) is 15.9. The highest BCUT2D eigenvalue weighted by molar-refractivity contribution is 5.76. The topological polar surface area (TPSA) is 56.0 Å². The number of likely N-dealkylation sites (tertiary alicyclic amines) is 1. The molecule has 1 atom stereocenters. The molecule has 1 aliphatic carbocycles. The number of aryl methyl sites for hydroxylation is 3. The van der Waals surface area contributed by atoms with E-state index in [9.17, 15) is 4.79 Å². The quantitative estimate of drug-likeness (QED) is 0.767. The molecule has 6 nitrogen and oxygen atoms in total. The molecule has 0 bridgehead atoms. The predicted octanol–water partition coefficient (Wildman–Crippen LogP) is 2.73. The summed E-state index contributed by atoms with van der Waals surface area (Å²) in [6, 6.07) is 2.28. The van der Waals surface area contributed by atoms with Gasteiger partial charge in [-0.15, -0.1) is 0 Å². The van der Waals surface area contributed by atoms with Crippen molar-refractivity contribution in [3.63, 3.8) is 0 Å². The van der Waals surface area contributed by atoms with Crippen LogP contribution in [-0.2, 0) is 24.3 Å². The summed E-state index contributed by atoms with van der Waals surface area (Å²) in [5, 5.41) is 4.34. The monoisotopic (exact) mass is 355 g/mol. The first-order valence-corrected chi connectivity index (χ1v) is 9.90. The highest BCUT2D eigenvalue weighted by Gasteiger charge is 2.29. The van der Waals surface area contributed by atoms with Crippen LogP contribution in [0.4, 0.5) is 0 Å². The number of hydrogen-bond acceptors (Lipinski definition) is 3. The number of carbonyl (C=O) groups is 1. The number of carbonyl (C=O) groups excluding carboxylic acids is 1. The molecule has 0 aromatic carbocycles. The molecule has 140 valence electrons. The molecule has 2 aromatic heterocycles. The largest absolute Gasteiger partial charge is 0.338 e. The van der Waals surface area contributed by atoms with Gasteiger partial charge in [0, 0.05) is 43.6 Å². The fourth-order valence-corrected chi connectivity index (χ4v) is 4.06. The predicted molar refractivity (Wildman–Crippen MR) is 99.7 cm³/mol. The molecule has 0 N–H and O–H groups in total. The van der Waals surface area contributed by atoms with Crippen LogP contribution in [0.2, 0.25) is 0 Å². The van der Waals surface area contributed by atoms with E-state index in [4.69, 9.17) is 0 Å². The van der Waals surface area contributed by atoms with Gasteiger partial charge in [0.1, 0.15) is 12.4 Å². The standard InChI is InChI=1S/C20H29N5O/c1-15-9-11-23(22-15)14-20(26)24-10-3-4-18(24)7-8-19-21-12-16(2)25(19)13-17-5-6-17/h9,11-12,17-18H,3-8,10,13-14H2,1-2H3. The van der Waals surface area contributed by atoms with Crippen molar-refractivity contribution < 1.29 is 4.79 Å². The summed E-state index contributed by atoms with van der Waals surface area (Å²) in [5.74, 6) is 2.23. The highest BCUT2D eigenvalue weighted by atomic mass is 16.2. The van der Waals surface area contributed by atoms with Gasteiger partial charge in [0.15, 0.2) is 0 Å². The van der Waals surface area contributed by atoms with Crippen molar-refractivity contribution in [3.8, 4) is 0 Å². The lowest BCUT2D eigenvalue weighted by atomic mass is 10.1. The van der Waals surface area contributed by atoms with Gasteiger partial charge in [-0.05, 0) is 57.9 Å². The van der Waals surface area contributed by atoms with E-state index in [0.29, 0.717) is 12.6 Å². The SMILES string of the molecule is Cc1ccn(CC(=O)N2CCCC2CCc2ncc(C)n2CC2CC2)n1. The summed E-state index contributed by atoms with van der Waals surface area (Å²) in [4.78, 5) is 19.4. The average molecular weight is 355 g/mol. The fourth-order valence-electron chi connectivity index (χ4n) is 4.06. The molecular formula is C20H29N5O. The number of amides is 1.